The normalized spacial score (nSPS) is 40.9. The van der Waals surface area contributed by atoms with Crippen molar-refractivity contribution in [2.45, 2.75) is 77.7 Å². The molecule has 2 saturated carbocycles. The van der Waals surface area contributed by atoms with Crippen LogP contribution in [0.5, 0.6) is 0 Å². The van der Waals surface area contributed by atoms with Crippen LogP contribution in [0.2, 0.25) is 0 Å². The van der Waals surface area contributed by atoms with Gasteiger partial charge in [0, 0.05) is 0 Å². The van der Waals surface area contributed by atoms with Crippen LogP contribution >= 0.6 is 0 Å². The van der Waals surface area contributed by atoms with Crippen LogP contribution < -0.4 is 0 Å². The highest BCUT2D eigenvalue weighted by atomic mass is 16.3. The molecule has 2 atom stereocenters. The van der Waals surface area contributed by atoms with Crippen molar-refractivity contribution in [1.29, 1.82) is 0 Å². The van der Waals surface area contributed by atoms with Crippen LogP contribution in [-0.2, 0) is 0 Å². The monoisotopic (exact) mass is 224 g/mol. The van der Waals surface area contributed by atoms with Crippen LogP contribution in [0.4, 0.5) is 0 Å². The molecule has 0 aliphatic heterocycles. The summed E-state index contributed by atoms with van der Waals surface area (Å²) in [4.78, 5) is 0. The first-order chi connectivity index (χ1) is 7.44. The molecular formula is C15H28O. The third-order valence-corrected chi connectivity index (χ3v) is 5.23. The summed E-state index contributed by atoms with van der Waals surface area (Å²) in [6, 6.07) is 0. The van der Waals surface area contributed by atoms with E-state index in [9.17, 15) is 5.11 Å². The summed E-state index contributed by atoms with van der Waals surface area (Å²) in [5.41, 5.74) is 0.107. The molecule has 2 unspecified atom stereocenters. The van der Waals surface area contributed by atoms with Crippen molar-refractivity contribution in [1.82, 2.24) is 0 Å². The van der Waals surface area contributed by atoms with E-state index in [2.05, 4.69) is 20.8 Å². The first kappa shape index (κ1) is 12.4. The van der Waals surface area contributed by atoms with E-state index in [0.717, 1.165) is 6.42 Å². The Labute approximate surface area is 101 Å². The second-order valence-electron chi connectivity index (χ2n) is 7.10. The maximum atomic E-state index is 11.0. The lowest BCUT2D eigenvalue weighted by atomic mass is 9.59. The lowest BCUT2D eigenvalue weighted by Gasteiger charge is -2.50. The minimum absolute atomic E-state index is 0.337. The van der Waals surface area contributed by atoms with Crippen LogP contribution in [0.3, 0.4) is 0 Å². The summed E-state index contributed by atoms with van der Waals surface area (Å²) in [6.07, 6.45) is 10.0. The molecule has 1 nitrogen and oxygen atoms in total. The molecule has 0 bridgehead atoms. The van der Waals surface area contributed by atoms with Gasteiger partial charge in [0.25, 0.3) is 0 Å². The smallest absolute Gasteiger partial charge is 0.0701 e. The zero-order valence-electron chi connectivity index (χ0n) is 11.3. The van der Waals surface area contributed by atoms with Crippen LogP contribution in [0.25, 0.3) is 0 Å². The molecule has 0 aromatic heterocycles. The fourth-order valence-electron chi connectivity index (χ4n) is 4.10. The van der Waals surface area contributed by atoms with E-state index in [4.69, 9.17) is 0 Å². The zero-order valence-corrected chi connectivity index (χ0v) is 11.3. The molecule has 0 amide bonds. The molecule has 1 heteroatoms. The van der Waals surface area contributed by atoms with Crippen LogP contribution in [0.1, 0.15) is 72.1 Å². The summed E-state index contributed by atoms with van der Waals surface area (Å²) in [6.45, 7) is 6.98. The standard InChI is InChI=1S/C15H28O/c1-12-11-14(2,3)9-10-15(12,16)13-7-5-4-6-8-13/h12-13,16H,4-11H2,1-3H3. The molecule has 0 spiro atoms. The number of aliphatic hydroxyl groups is 1. The average molecular weight is 224 g/mol. The summed E-state index contributed by atoms with van der Waals surface area (Å²) in [7, 11) is 0. The molecule has 2 aliphatic rings. The van der Waals surface area contributed by atoms with Gasteiger partial charge in [-0.05, 0) is 49.4 Å². The Morgan fingerprint density at radius 2 is 1.62 bits per heavy atom. The van der Waals surface area contributed by atoms with E-state index in [1.165, 1.54) is 44.9 Å². The first-order valence-electron chi connectivity index (χ1n) is 7.16. The lowest BCUT2D eigenvalue weighted by molar-refractivity contribution is -0.120. The van der Waals surface area contributed by atoms with Gasteiger partial charge in [-0.2, -0.15) is 0 Å². The van der Waals surface area contributed by atoms with Crippen molar-refractivity contribution in [3.8, 4) is 0 Å². The molecule has 16 heavy (non-hydrogen) atoms. The van der Waals surface area contributed by atoms with E-state index in [-0.39, 0.29) is 5.60 Å². The Morgan fingerprint density at radius 1 is 1.00 bits per heavy atom. The quantitative estimate of drug-likeness (QED) is 0.709. The fourth-order valence-corrected chi connectivity index (χ4v) is 4.10. The Balaban J connectivity index is 2.06. The third-order valence-electron chi connectivity index (χ3n) is 5.23. The average Bonchev–Trinajstić information content (AvgIpc) is 2.25. The van der Waals surface area contributed by atoms with Gasteiger partial charge in [-0.15, -0.1) is 0 Å². The lowest BCUT2D eigenvalue weighted by Crippen LogP contribution is -2.50. The maximum Gasteiger partial charge on any atom is 0.0701 e. The van der Waals surface area contributed by atoms with Gasteiger partial charge in [-0.1, -0.05) is 40.0 Å². The van der Waals surface area contributed by atoms with E-state index < -0.39 is 0 Å². The Morgan fingerprint density at radius 3 is 2.19 bits per heavy atom. The summed E-state index contributed by atoms with van der Waals surface area (Å²) in [5, 5.41) is 11.0. The van der Waals surface area contributed by atoms with Gasteiger partial charge < -0.3 is 5.11 Å². The molecule has 2 rings (SSSR count). The van der Waals surface area contributed by atoms with Gasteiger partial charge in [-0.25, -0.2) is 0 Å². The second kappa shape index (κ2) is 4.33. The number of hydrogen-bond acceptors (Lipinski definition) is 1. The zero-order chi connectivity index (χ0) is 11.8. The van der Waals surface area contributed by atoms with Crippen molar-refractivity contribution in [3.63, 3.8) is 0 Å². The van der Waals surface area contributed by atoms with Gasteiger partial charge in [0.15, 0.2) is 0 Å². The van der Waals surface area contributed by atoms with E-state index >= 15 is 0 Å². The van der Waals surface area contributed by atoms with Gasteiger partial charge in [0.05, 0.1) is 5.60 Å². The maximum absolute atomic E-state index is 11.0. The predicted molar refractivity (Wildman–Crippen MR) is 68.3 cm³/mol. The highest BCUT2D eigenvalue weighted by molar-refractivity contribution is 4.98. The van der Waals surface area contributed by atoms with Gasteiger partial charge >= 0.3 is 0 Å². The minimum Gasteiger partial charge on any atom is -0.389 e. The Kier molecular flexibility index (Phi) is 3.36. The number of rotatable bonds is 1. The summed E-state index contributed by atoms with van der Waals surface area (Å²) < 4.78 is 0. The molecule has 0 radical (unpaired) electrons. The summed E-state index contributed by atoms with van der Waals surface area (Å²) >= 11 is 0. The molecule has 0 saturated heterocycles. The molecule has 2 aliphatic carbocycles. The van der Waals surface area contributed by atoms with Gasteiger partial charge in [-0.3, -0.25) is 0 Å². The molecule has 0 aromatic carbocycles. The molecule has 1 N–H and O–H groups in total. The van der Waals surface area contributed by atoms with Crippen molar-refractivity contribution in [2.75, 3.05) is 0 Å². The van der Waals surface area contributed by atoms with Gasteiger partial charge in [0.1, 0.15) is 0 Å². The molecule has 94 valence electrons. The van der Waals surface area contributed by atoms with Crippen LogP contribution in [0.15, 0.2) is 0 Å². The van der Waals surface area contributed by atoms with Crippen LogP contribution in [-0.4, -0.2) is 10.7 Å². The fraction of sp³-hybridized carbons (Fsp3) is 1.00. The van der Waals surface area contributed by atoms with E-state index in [1.54, 1.807) is 0 Å². The molecule has 0 heterocycles. The highest BCUT2D eigenvalue weighted by Crippen LogP contribution is 2.49. The minimum atomic E-state index is -0.337. The Bertz CT molecular complexity index is 240. The summed E-state index contributed by atoms with van der Waals surface area (Å²) in [5.74, 6) is 1.08. The van der Waals surface area contributed by atoms with Crippen molar-refractivity contribution >= 4 is 0 Å². The molecule has 0 aromatic rings. The first-order valence-corrected chi connectivity index (χ1v) is 7.16. The highest BCUT2D eigenvalue weighted by Gasteiger charge is 2.47. The van der Waals surface area contributed by atoms with Crippen molar-refractivity contribution < 1.29 is 5.11 Å². The SMILES string of the molecule is CC1CC(C)(C)CCC1(O)C1CCCCC1. The van der Waals surface area contributed by atoms with Crippen molar-refractivity contribution in [2.24, 2.45) is 17.3 Å². The topological polar surface area (TPSA) is 20.2 Å². The molecular weight excluding hydrogens is 196 g/mol. The van der Waals surface area contributed by atoms with Crippen molar-refractivity contribution in [3.05, 3.63) is 0 Å². The predicted octanol–water partition coefficient (Wildman–Crippen LogP) is 4.14. The largest absolute Gasteiger partial charge is 0.389 e. The third kappa shape index (κ3) is 2.30. The number of hydrogen-bond donors (Lipinski definition) is 1. The Hall–Kier alpha value is -0.0400. The molecule has 2 fully saturated rings. The van der Waals surface area contributed by atoms with Gasteiger partial charge in [0.2, 0.25) is 0 Å². The van der Waals surface area contributed by atoms with E-state index in [0.29, 0.717) is 17.3 Å². The van der Waals surface area contributed by atoms with E-state index in [1.807, 2.05) is 0 Å². The second-order valence-corrected chi connectivity index (χ2v) is 7.10. The van der Waals surface area contributed by atoms with Crippen LogP contribution in [0, 0.1) is 17.3 Å².